The van der Waals surface area contributed by atoms with Crippen molar-refractivity contribution in [2.24, 2.45) is 16.8 Å². The van der Waals surface area contributed by atoms with Crippen LogP contribution in [0.3, 0.4) is 0 Å². The van der Waals surface area contributed by atoms with Gasteiger partial charge in [0.15, 0.2) is 0 Å². The third-order valence-electron chi connectivity index (χ3n) is 2.18. The first kappa shape index (κ1) is 12.1. The predicted octanol–water partition coefficient (Wildman–Crippen LogP) is 0.885. The molecule has 0 aliphatic carbocycles. The Morgan fingerprint density at radius 1 is 1.69 bits per heavy atom. The molecular weight excluding hydrogens is 208 g/mol. The van der Waals surface area contributed by atoms with E-state index in [-0.39, 0.29) is 11.8 Å². The Balaban J connectivity index is 2.48. The van der Waals surface area contributed by atoms with Gasteiger partial charge in [0, 0.05) is 18.5 Å². The zero-order valence-corrected chi connectivity index (χ0v) is 9.34. The summed E-state index contributed by atoms with van der Waals surface area (Å²) in [4.78, 5) is 4.04. The number of methoxy groups -OCH3 is 1. The number of ether oxygens (including phenoxy) is 1. The molecule has 1 aromatic rings. The van der Waals surface area contributed by atoms with E-state index in [0.717, 1.165) is 5.69 Å². The van der Waals surface area contributed by atoms with E-state index >= 15 is 0 Å². The molecule has 0 aromatic carbocycles. The average Bonchev–Trinajstić information content (AvgIpc) is 2.35. The topological polar surface area (TPSA) is 92.8 Å². The summed E-state index contributed by atoms with van der Waals surface area (Å²) in [6.45, 7) is 2.43. The van der Waals surface area contributed by atoms with Gasteiger partial charge in [0.25, 0.3) is 0 Å². The molecule has 6 heteroatoms. The normalized spacial score (nSPS) is 13.2. The van der Waals surface area contributed by atoms with Gasteiger partial charge in [-0.3, -0.25) is 0 Å². The van der Waals surface area contributed by atoms with Crippen LogP contribution in [0.4, 0.5) is 5.69 Å². The van der Waals surface area contributed by atoms with Crippen LogP contribution in [0, 0.1) is 5.92 Å². The highest BCUT2D eigenvalue weighted by Crippen LogP contribution is 2.11. The zero-order valence-electron chi connectivity index (χ0n) is 9.34. The predicted molar refractivity (Wildman–Crippen MR) is 61.9 cm³/mol. The number of hydrogen-bond acceptors (Lipinski definition) is 5. The van der Waals surface area contributed by atoms with Gasteiger partial charge < -0.3 is 21.0 Å². The van der Waals surface area contributed by atoms with Gasteiger partial charge in [0.05, 0.1) is 19.0 Å². The van der Waals surface area contributed by atoms with E-state index in [0.29, 0.717) is 12.4 Å². The molecular formula is C10H16N4O2. The molecule has 88 valence electrons. The van der Waals surface area contributed by atoms with Crippen LogP contribution in [-0.4, -0.2) is 29.7 Å². The van der Waals surface area contributed by atoms with Gasteiger partial charge in [0.1, 0.15) is 5.84 Å². The monoisotopic (exact) mass is 224 g/mol. The molecule has 0 spiro atoms. The number of aromatic nitrogens is 1. The van der Waals surface area contributed by atoms with Crippen LogP contribution in [0.15, 0.2) is 23.5 Å². The van der Waals surface area contributed by atoms with Crippen LogP contribution in [0.25, 0.3) is 0 Å². The van der Waals surface area contributed by atoms with Crippen molar-refractivity contribution in [2.75, 3.05) is 19.0 Å². The Morgan fingerprint density at radius 2 is 2.44 bits per heavy atom. The number of rotatable bonds is 5. The maximum Gasteiger partial charge on any atom is 0.213 e. The minimum Gasteiger partial charge on any atom is -0.481 e. The van der Waals surface area contributed by atoms with Gasteiger partial charge in [-0.05, 0) is 6.07 Å². The Morgan fingerprint density at radius 3 is 2.94 bits per heavy atom. The van der Waals surface area contributed by atoms with E-state index in [1.165, 1.54) is 0 Å². The standard InChI is InChI=1S/C10H16N4O2/c1-7(10(11)14-15)5-12-8-3-4-9(16-2)13-6-8/h3-4,6-7,12,15H,5H2,1-2H3,(H2,11,14). The lowest BCUT2D eigenvalue weighted by Crippen LogP contribution is -2.27. The summed E-state index contributed by atoms with van der Waals surface area (Å²) in [5, 5.41) is 14.5. The maximum absolute atomic E-state index is 8.48. The second-order valence-electron chi connectivity index (χ2n) is 3.40. The number of nitrogens with two attached hydrogens (primary N) is 1. The van der Waals surface area contributed by atoms with E-state index in [9.17, 15) is 0 Å². The summed E-state index contributed by atoms with van der Waals surface area (Å²) in [5.41, 5.74) is 6.31. The fourth-order valence-corrected chi connectivity index (χ4v) is 1.08. The number of nitrogens with one attached hydrogen (secondary N) is 1. The van der Waals surface area contributed by atoms with Gasteiger partial charge in [0.2, 0.25) is 5.88 Å². The smallest absolute Gasteiger partial charge is 0.213 e. The molecule has 0 bridgehead atoms. The number of anilines is 1. The lowest BCUT2D eigenvalue weighted by atomic mass is 10.1. The first-order valence-electron chi connectivity index (χ1n) is 4.88. The Labute approximate surface area is 94.1 Å². The summed E-state index contributed by atoms with van der Waals surface area (Å²) in [6.07, 6.45) is 1.66. The van der Waals surface area contributed by atoms with Crippen LogP contribution in [0.5, 0.6) is 5.88 Å². The molecule has 6 nitrogen and oxygen atoms in total. The first-order valence-corrected chi connectivity index (χ1v) is 4.88. The fourth-order valence-electron chi connectivity index (χ4n) is 1.08. The Bertz CT molecular complexity index is 350. The summed E-state index contributed by atoms with van der Waals surface area (Å²) < 4.78 is 4.94. The molecule has 1 unspecified atom stereocenters. The quantitative estimate of drug-likeness (QED) is 0.299. The molecule has 0 radical (unpaired) electrons. The highest BCUT2D eigenvalue weighted by atomic mass is 16.5. The van der Waals surface area contributed by atoms with Crippen molar-refractivity contribution >= 4 is 11.5 Å². The largest absolute Gasteiger partial charge is 0.481 e. The van der Waals surface area contributed by atoms with Crippen LogP contribution >= 0.6 is 0 Å². The Kier molecular flexibility index (Phi) is 4.38. The van der Waals surface area contributed by atoms with E-state index in [1.807, 2.05) is 13.0 Å². The van der Waals surface area contributed by atoms with Crippen molar-refractivity contribution in [1.82, 2.24) is 4.98 Å². The second kappa shape index (κ2) is 5.79. The number of amidine groups is 1. The molecule has 0 aliphatic rings. The molecule has 0 aliphatic heterocycles. The van der Waals surface area contributed by atoms with Crippen molar-refractivity contribution < 1.29 is 9.94 Å². The van der Waals surface area contributed by atoms with Gasteiger partial charge in [-0.1, -0.05) is 12.1 Å². The molecule has 0 fully saturated rings. The summed E-state index contributed by atoms with van der Waals surface area (Å²) in [5.74, 6) is 0.719. The lowest BCUT2D eigenvalue weighted by Gasteiger charge is -2.11. The molecule has 0 saturated carbocycles. The van der Waals surface area contributed by atoms with Crippen molar-refractivity contribution in [2.45, 2.75) is 6.92 Å². The third-order valence-corrected chi connectivity index (χ3v) is 2.18. The zero-order chi connectivity index (χ0) is 12.0. The third kappa shape index (κ3) is 3.30. The molecule has 0 amide bonds. The molecule has 16 heavy (non-hydrogen) atoms. The molecule has 1 aromatic heterocycles. The maximum atomic E-state index is 8.48. The minimum atomic E-state index is -0.0490. The Hall–Kier alpha value is -1.98. The van der Waals surface area contributed by atoms with Crippen molar-refractivity contribution in [3.05, 3.63) is 18.3 Å². The SMILES string of the molecule is COc1ccc(NCC(C)C(N)=NO)cn1. The van der Waals surface area contributed by atoms with E-state index in [2.05, 4.69) is 15.5 Å². The van der Waals surface area contributed by atoms with Crippen molar-refractivity contribution in [3.63, 3.8) is 0 Å². The highest BCUT2D eigenvalue weighted by Gasteiger charge is 2.06. The highest BCUT2D eigenvalue weighted by molar-refractivity contribution is 5.82. The van der Waals surface area contributed by atoms with Gasteiger partial charge in [-0.15, -0.1) is 0 Å². The summed E-state index contributed by atoms with van der Waals surface area (Å²) >= 11 is 0. The average molecular weight is 224 g/mol. The van der Waals surface area contributed by atoms with Crippen molar-refractivity contribution in [1.29, 1.82) is 0 Å². The van der Waals surface area contributed by atoms with Crippen molar-refractivity contribution in [3.8, 4) is 5.88 Å². The molecule has 1 heterocycles. The van der Waals surface area contributed by atoms with Gasteiger partial charge >= 0.3 is 0 Å². The van der Waals surface area contributed by atoms with E-state index in [1.54, 1.807) is 19.4 Å². The first-order chi connectivity index (χ1) is 7.67. The van der Waals surface area contributed by atoms with E-state index in [4.69, 9.17) is 15.7 Å². The molecule has 1 rings (SSSR count). The molecule has 1 atom stereocenters. The number of pyridine rings is 1. The number of hydrogen-bond donors (Lipinski definition) is 3. The second-order valence-corrected chi connectivity index (χ2v) is 3.40. The molecule has 0 saturated heterocycles. The summed E-state index contributed by atoms with van der Waals surface area (Å²) in [6, 6.07) is 3.61. The van der Waals surface area contributed by atoms with Crippen LogP contribution in [0.2, 0.25) is 0 Å². The fraction of sp³-hybridized carbons (Fsp3) is 0.400. The lowest BCUT2D eigenvalue weighted by molar-refractivity contribution is 0.315. The number of nitrogens with zero attached hydrogens (tertiary/aromatic N) is 2. The molecule has 4 N–H and O–H groups in total. The van der Waals surface area contributed by atoms with Gasteiger partial charge in [-0.25, -0.2) is 4.98 Å². The van der Waals surface area contributed by atoms with Crippen LogP contribution in [0.1, 0.15) is 6.92 Å². The van der Waals surface area contributed by atoms with E-state index < -0.39 is 0 Å². The van der Waals surface area contributed by atoms with Gasteiger partial charge in [-0.2, -0.15) is 0 Å². The van der Waals surface area contributed by atoms with Crippen LogP contribution in [-0.2, 0) is 0 Å². The number of oxime groups is 1. The minimum absolute atomic E-state index is 0.0490. The summed E-state index contributed by atoms with van der Waals surface area (Å²) in [7, 11) is 1.57. The van der Waals surface area contributed by atoms with Crippen LogP contribution < -0.4 is 15.8 Å².